The number of carbonyl (C=O) groups is 1. The molecule has 6 nitrogen and oxygen atoms in total. The van der Waals surface area contributed by atoms with Gasteiger partial charge in [0.1, 0.15) is 0 Å². The van der Waals surface area contributed by atoms with Crippen molar-refractivity contribution in [1.82, 2.24) is 10.1 Å². The van der Waals surface area contributed by atoms with Crippen LogP contribution in [0.5, 0.6) is 0 Å². The first-order valence-corrected chi connectivity index (χ1v) is 9.79. The van der Waals surface area contributed by atoms with Gasteiger partial charge in [-0.05, 0) is 71.2 Å². The maximum Gasteiger partial charge on any atom is 0.439 e. The van der Waals surface area contributed by atoms with Crippen molar-refractivity contribution >= 4 is 11.6 Å². The minimum Gasteiger partial charge on any atom is -0.322 e. The van der Waals surface area contributed by atoms with Gasteiger partial charge in [-0.25, -0.2) is 4.79 Å². The van der Waals surface area contributed by atoms with E-state index in [1.54, 1.807) is 24.3 Å². The Morgan fingerprint density at radius 2 is 1.66 bits per heavy atom. The Balaban J connectivity index is 1.57. The summed E-state index contributed by atoms with van der Waals surface area (Å²) in [5.41, 5.74) is 4.78. The van der Waals surface area contributed by atoms with Crippen LogP contribution in [0.2, 0.25) is 0 Å². The number of rotatable bonds is 3. The van der Waals surface area contributed by atoms with Crippen molar-refractivity contribution in [2.75, 3.05) is 5.32 Å². The Morgan fingerprint density at radius 1 is 1.00 bits per heavy atom. The molecule has 29 heavy (non-hydrogen) atoms. The summed E-state index contributed by atoms with van der Waals surface area (Å²) >= 11 is 0. The van der Waals surface area contributed by atoms with E-state index < -0.39 is 5.76 Å². The molecule has 0 saturated heterocycles. The number of aromatic nitrogens is 2. The fraction of sp³-hybridized carbons (Fsp3) is 0.348. The number of amides is 1. The van der Waals surface area contributed by atoms with Crippen LogP contribution >= 0.6 is 0 Å². The molecule has 1 aliphatic carbocycles. The SMILES string of the molecule is CC1(C)CCC(C)(C)c2cc(C(=O)Nc3ccc(-c4noc(=O)[nH]4)cc3)ccc21. The number of nitrogens with zero attached hydrogens (tertiary/aromatic N) is 1. The molecular weight excluding hydrogens is 366 g/mol. The molecule has 2 aromatic carbocycles. The van der Waals surface area contributed by atoms with Gasteiger partial charge in [-0.3, -0.25) is 14.3 Å². The summed E-state index contributed by atoms with van der Waals surface area (Å²) in [6, 6.07) is 13.1. The number of fused-ring (bicyclic) bond motifs is 1. The van der Waals surface area contributed by atoms with Crippen LogP contribution in [0.25, 0.3) is 11.4 Å². The molecule has 1 heterocycles. The first-order valence-electron chi connectivity index (χ1n) is 9.79. The summed E-state index contributed by atoms with van der Waals surface area (Å²) in [5, 5.41) is 6.60. The standard InChI is InChI=1S/C23H25N3O3/c1-22(2)11-12-23(3,4)18-13-15(7-10-17(18)22)20(27)24-16-8-5-14(6-9-16)19-25-21(28)29-26-19/h5-10,13H,11-12H2,1-4H3,(H,24,27)(H,25,26,28). The third-order valence-corrected chi connectivity index (χ3v) is 5.97. The molecule has 0 saturated carbocycles. The van der Waals surface area contributed by atoms with Crippen LogP contribution < -0.4 is 11.1 Å². The van der Waals surface area contributed by atoms with Crippen LogP contribution in [-0.2, 0) is 10.8 Å². The maximum atomic E-state index is 12.8. The molecule has 1 aromatic heterocycles. The number of hydrogen-bond acceptors (Lipinski definition) is 4. The molecule has 0 aliphatic heterocycles. The van der Waals surface area contributed by atoms with Gasteiger partial charge in [-0.15, -0.1) is 0 Å². The predicted octanol–water partition coefficient (Wildman–Crippen LogP) is 4.63. The number of carbonyl (C=O) groups excluding carboxylic acids is 1. The average Bonchev–Trinajstić information content (AvgIpc) is 3.12. The molecule has 3 aromatic rings. The highest BCUT2D eigenvalue weighted by atomic mass is 16.5. The molecule has 0 radical (unpaired) electrons. The van der Waals surface area contributed by atoms with Gasteiger partial charge in [0.25, 0.3) is 5.91 Å². The van der Waals surface area contributed by atoms with E-state index in [9.17, 15) is 9.59 Å². The first-order chi connectivity index (χ1) is 13.7. The van der Waals surface area contributed by atoms with Crippen molar-refractivity contribution in [1.29, 1.82) is 0 Å². The number of anilines is 1. The first kappa shape index (κ1) is 19.2. The minimum absolute atomic E-state index is 0.0529. The van der Waals surface area contributed by atoms with Gasteiger partial charge in [-0.1, -0.05) is 38.9 Å². The number of aromatic amines is 1. The lowest BCUT2D eigenvalue weighted by Gasteiger charge is -2.42. The monoisotopic (exact) mass is 391 g/mol. The summed E-state index contributed by atoms with van der Waals surface area (Å²) in [5.74, 6) is -0.391. The topological polar surface area (TPSA) is 88.0 Å². The van der Waals surface area contributed by atoms with E-state index >= 15 is 0 Å². The normalized spacial score (nSPS) is 16.8. The Labute approximate surface area is 169 Å². The molecular formula is C23H25N3O3. The smallest absolute Gasteiger partial charge is 0.322 e. The van der Waals surface area contributed by atoms with E-state index in [1.165, 1.54) is 11.1 Å². The van der Waals surface area contributed by atoms with Crippen molar-refractivity contribution in [3.8, 4) is 11.4 Å². The number of H-pyrrole nitrogens is 1. The molecule has 0 spiro atoms. The summed E-state index contributed by atoms with van der Waals surface area (Å²) in [4.78, 5) is 26.4. The van der Waals surface area contributed by atoms with Crippen LogP contribution in [0.3, 0.4) is 0 Å². The highest BCUT2D eigenvalue weighted by molar-refractivity contribution is 6.04. The number of hydrogen-bond donors (Lipinski definition) is 2. The van der Waals surface area contributed by atoms with E-state index in [0.29, 0.717) is 22.6 Å². The summed E-state index contributed by atoms with van der Waals surface area (Å²) in [6.07, 6.45) is 2.24. The van der Waals surface area contributed by atoms with Crippen LogP contribution in [0, 0.1) is 0 Å². The zero-order chi connectivity index (χ0) is 20.8. The van der Waals surface area contributed by atoms with E-state index in [-0.39, 0.29) is 16.7 Å². The van der Waals surface area contributed by atoms with E-state index in [4.69, 9.17) is 0 Å². The molecule has 4 rings (SSSR count). The molecule has 2 N–H and O–H groups in total. The highest BCUT2D eigenvalue weighted by Crippen LogP contribution is 2.45. The molecule has 1 aliphatic rings. The van der Waals surface area contributed by atoms with Crippen molar-refractivity contribution in [2.24, 2.45) is 0 Å². The number of benzene rings is 2. The highest BCUT2D eigenvalue weighted by Gasteiger charge is 2.37. The second kappa shape index (κ2) is 6.72. The van der Waals surface area contributed by atoms with E-state index in [1.807, 2.05) is 12.1 Å². The van der Waals surface area contributed by atoms with Crippen molar-refractivity contribution in [3.05, 3.63) is 69.7 Å². The Morgan fingerprint density at radius 3 is 2.28 bits per heavy atom. The average molecular weight is 391 g/mol. The van der Waals surface area contributed by atoms with Gasteiger partial charge >= 0.3 is 5.76 Å². The molecule has 0 unspecified atom stereocenters. The summed E-state index contributed by atoms with van der Waals surface area (Å²) < 4.78 is 4.52. The second-order valence-electron chi connectivity index (χ2n) is 9.00. The third kappa shape index (κ3) is 3.62. The molecule has 150 valence electrons. The number of nitrogens with one attached hydrogen (secondary N) is 2. The lowest BCUT2D eigenvalue weighted by molar-refractivity contribution is 0.102. The zero-order valence-electron chi connectivity index (χ0n) is 17.1. The lowest BCUT2D eigenvalue weighted by atomic mass is 9.63. The molecule has 0 fully saturated rings. The van der Waals surface area contributed by atoms with E-state index in [0.717, 1.165) is 12.8 Å². The van der Waals surface area contributed by atoms with Crippen LogP contribution in [0.15, 0.2) is 51.8 Å². The van der Waals surface area contributed by atoms with Crippen molar-refractivity contribution in [2.45, 2.75) is 51.4 Å². The van der Waals surface area contributed by atoms with Gasteiger partial charge < -0.3 is 5.32 Å². The maximum absolute atomic E-state index is 12.8. The minimum atomic E-state index is -0.601. The molecule has 6 heteroatoms. The largest absolute Gasteiger partial charge is 0.439 e. The van der Waals surface area contributed by atoms with Gasteiger partial charge in [0, 0.05) is 16.8 Å². The van der Waals surface area contributed by atoms with Gasteiger partial charge in [0.2, 0.25) is 0 Å². The second-order valence-corrected chi connectivity index (χ2v) is 9.00. The quantitative estimate of drug-likeness (QED) is 0.681. The Bertz CT molecular complexity index is 1120. The van der Waals surface area contributed by atoms with Gasteiger partial charge in [-0.2, -0.15) is 0 Å². The fourth-order valence-corrected chi connectivity index (χ4v) is 4.00. The van der Waals surface area contributed by atoms with Crippen LogP contribution in [0.4, 0.5) is 5.69 Å². The summed E-state index contributed by atoms with van der Waals surface area (Å²) in [6.45, 7) is 9.03. The van der Waals surface area contributed by atoms with Crippen LogP contribution in [0.1, 0.15) is 62.0 Å². The van der Waals surface area contributed by atoms with Gasteiger partial charge in [0.05, 0.1) is 0 Å². The van der Waals surface area contributed by atoms with Crippen molar-refractivity contribution < 1.29 is 9.32 Å². The lowest BCUT2D eigenvalue weighted by Crippen LogP contribution is -2.34. The zero-order valence-corrected chi connectivity index (χ0v) is 17.1. The summed E-state index contributed by atoms with van der Waals surface area (Å²) in [7, 11) is 0. The molecule has 0 atom stereocenters. The Kier molecular flexibility index (Phi) is 4.45. The van der Waals surface area contributed by atoms with E-state index in [2.05, 4.69) is 53.7 Å². The van der Waals surface area contributed by atoms with Gasteiger partial charge in [0.15, 0.2) is 5.82 Å². The molecule has 0 bridgehead atoms. The van der Waals surface area contributed by atoms with Crippen LogP contribution in [-0.4, -0.2) is 16.0 Å². The van der Waals surface area contributed by atoms with Crippen molar-refractivity contribution in [3.63, 3.8) is 0 Å². The predicted molar refractivity (Wildman–Crippen MR) is 112 cm³/mol. The third-order valence-electron chi connectivity index (χ3n) is 5.97. The molecule has 1 amide bonds. The Hall–Kier alpha value is -3.15. The fourth-order valence-electron chi connectivity index (χ4n) is 4.00.